The average molecular weight is 492 g/mol. The van der Waals surface area contributed by atoms with Gasteiger partial charge in [0.25, 0.3) is 5.91 Å². The van der Waals surface area contributed by atoms with E-state index in [0.29, 0.717) is 37.8 Å². The lowest BCUT2D eigenvalue weighted by Gasteiger charge is -2.36. The maximum atomic E-state index is 12.2. The van der Waals surface area contributed by atoms with Gasteiger partial charge in [0.1, 0.15) is 12.4 Å². The molecule has 0 aromatic heterocycles. The zero-order valence-corrected chi connectivity index (χ0v) is 21.3. The minimum atomic E-state index is -0.778. The summed E-state index contributed by atoms with van der Waals surface area (Å²) in [6.07, 6.45) is 1.02. The van der Waals surface area contributed by atoms with E-state index in [1.165, 1.54) is 5.56 Å². The molecular formula is C29H37N3O4. The molecule has 4 rings (SSSR count). The zero-order chi connectivity index (χ0) is 25.4. The fourth-order valence-electron chi connectivity index (χ4n) is 4.71. The molecule has 2 N–H and O–H groups in total. The molecule has 2 aliphatic heterocycles. The number of hydroxylamine groups is 1. The fourth-order valence-corrected chi connectivity index (χ4v) is 4.71. The highest BCUT2D eigenvalue weighted by atomic mass is 16.5. The molecule has 2 aromatic carbocycles. The fraction of sp³-hybridized carbons (Fsp3) is 0.483. The van der Waals surface area contributed by atoms with E-state index in [1.54, 1.807) is 5.48 Å². The van der Waals surface area contributed by atoms with Crippen molar-refractivity contribution < 1.29 is 19.5 Å². The highest BCUT2D eigenvalue weighted by Crippen LogP contribution is 2.31. The summed E-state index contributed by atoms with van der Waals surface area (Å²) < 4.78 is 11.3. The maximum absolute atomic E-state index is 12.2. The third-order valence-corrected chi connectivity index (χ3v) is 7.25. The molecule has 0 saturated carbocycles. The summed E-state index contributed by atoms with van der Waals surface area (Å²) in [6, 6.07) is 16.7. The Morgan fingerprint density at radius 3 is 2.14 bits per heavy atom. The van der Waals surface area contributed by atoms with E-state index in [1.807, 2.05) is 24.3 Å². The van der Waals surface area contributed by atoms with Crippen LogP contribution in [0.4, 0.5) is 0 Å². The highest BCUT2D eigenvalue weighted by molar-refractivity contribution is 5.81. The van der Waals surface area contributed by atoms with E-state index in [9.17, 15) is 4.79 Å². The van der Waals surface area contributed by atoms with Gasteiger partial charge in [0.2, 0.25) is 0 Å². The molecule has 0 spiro atoms. The molecule has 2 saturated heterocycles. The summed E-state index contributed by atoms with van der Waals surface area (Å²) in [4.78, 5) is 17.3. The Kier molecular flexibility index (Phi) is 9.00. The van der Waals surface area contributed by atoms with Gasteiger partial charge in [-0.25, -0.2) is 5.48 Å². The average Bonchev–Trinajstić information content (AvgIpc) is 2.92. The molecule has 0 atom stereocenters. The van der Waals surface area contributed by atoms with E-state index in [-0.39, 0.29) is 6.61 Å². The van der Waals surface area contributed by atoms with Crippen LogP contribution in [0, 0.1) is 17.3 Å². The Hall–Kier alpha value is -2.89. The number of carbonyl (C=O) groups is 1. The summed E-state index contributed by atoms with van der Waals surface area (Å²) in [5.41, 5.74) is 4.20. The summed E-state index contributed by atoms with van der Waals surface area (Å²) in [5.74, 6) is 6.69. The number of hydrogen-bond acceptors (Lipinski definition) is 6. The lowest BCUT2D eigenvalue weighted by molar-refractivity contribution is -0.148. The van der Waals surface area contributed by atoms with Crippen LogP contribution in [0.25, 0.3) is 0 Å². The van der Waals surface area contributed by atoms with Gasteiger partial charge in [-0.3, -0.25) is 19.8 Å². The van der Waals surface area contributed by atoms with E-state index < -0.39 is 11.3 Å². The highest BCUT2D eigenvalue weighted by Gasteiger charge is 2.41. The van der Waals surface area contributed by atoms with Crippen LogP contribution in [-0.4, -0.2) is 73.0 Å². The van der Waals surface area contributed by atoms with Gasteiger partial charge >= 0.3 is 0 Å². The Bertz CT molecular complexity index is 1040. The maximum Gasteiger partial charge on any atom is 0.253 e. The molecule has 2 fully saturated rings. The molecule has 0 bridgehead atoms. The van der Waals surface area contributed by atoms with E-state index in [2.05, 4.69) is 59.8 Å². The first kappa shape index (κ1) is 26.2. The summed E-state index contributed by atoms with van der Waals surface area (Å²) in [7, 11) is 0. The standard InChI is InChI=1S/C29H37N3O4/c1-23(2)32-17-15-31(16-18-32)21-26-7-5-24(6-8-26)3-4-25-9-11-27(12-10-25)36-22-29(28(33)30-34)13-19-35-20-14-29/h5-12,23,34H,13-22H2,1-2H3,(H,30,33). The minimum absolute atomic E-state index is 0.188. The molecule has 36 heavy (non-hydrogen) atoms. The predicted octanol–water partition coefficient (Wildman–Crippen LogP) is 3.29. The third kappa shape index (κ3) is 6.86. The van der Waals surface area contributed by atoms with Crippen molar-refractivity contribution in [3.8, 4) is 17.6 Å². The molecule has 0 unspecified atom stereocenters. The minimum Gasteiger partial charge on any atom is -0.492 e. The van der Waals surface area contributed by atoms with Gasteiger partial charge in [-0.05, 0) is 68.7 Å². The number of piperazine rings is 1. The van der Waals surface area contributed by atoms with Crippen molar-refractivity contribution >= 4 is 5.91 Å². The van der Waals surface area contributed by atoms with Crippen LogP contribution in [0.3, 0.4) is 0 Å². The Labute approximate surface area is 214 Å². The normalized spacial score (nSPS) is 18.3. The molecule has 192 valence electrons. The van der Waals surface area contributed by atoms with Gasteiger partial charge in [0.05, 0.1) is 5.41 Å². The van der Waals surface area contributed by atoms with Gasteiger partial charge < -0.3 is 9.47 Å². The van der Waals surface area contributed by atoms with Crippen LogP contribution in [0.5, 0.6) is 5.75 Å². The second-order valence-electron chi connectivity index (χ2n) is 10.00. The predicted molar refractivity (Wildman–Crippen MR) is 139 cm³/mol. The SMILES string of the molecule is CC(C)N1CCN(Cc2ccc(C#Cc3ccc(OCC4(C(=O)NO)CCOCC4)cc3)cc2)CC1. The first-order valence-electron chi connectivity index (χ1n) is 12.8. The Morgan fingerprint density at radius 2 is 1.58 bits per heavy atom. The number of carbonyl (C=O) groups excluding carboxylic acids is 1. The topological polar surface area (TPSA) is 74.3 Å². The molecule has 2 aliphatic rings. The van der Waals surface area contributed by atoms with Crippen molar-refractivity contribution in [1.29, 1.82) is 0 Å². The van der Waals surface area contributed by atoms with Gasteiger partial charge in [0, 0.05) is 63.1 Å². The van der Waals surface area contributed by atoms with Crippen LogP contribution in [0.1, 0.15) is 43.4 Å². The second-order valence-corrected chi connectivity index (χ2v) is 10.00. The molecule has 0 aliphatic carbocycles. The summed E-state index contributed by atoms with van der Waals surface area (Å²) in [5, 5.41) is 9.14. The van der Waals surface area contributed by atoms with Crippen molar-refractivity contribution in [2.75, 3.05) is 46.0 Å². The summed E-state index contributed by atoms with van der Waals surface area (Å²) in [6.45, 7) is 11.2. The number of ether oxygens (including phenoxy) is 2. The quantitative estimate of drug-likeness (QED) is 0.352. The zero-order valence-electron chi connectivity index (χ0n) is 21.3. The first-order chi connectivity index (χ1) is 17.5. The first-order valence-corrected chi connectivity index (χ1v) is 12.8. The molecule has 2 heterocycles. The van der Waals surface area contributed by atoms with Crippen LogP contribution in [-0.2, 0) is 16.1 Å². The van der Waals surface area contributed by atoms with Crippen molar-refractivity contribution in [3.05, 3.63) is 65.2 Å². The largest absolute Gasteiger partial charge is 0.492 e. The monoisotopic (exact) mass is 491 g/mol. The lowest BCUT2D eigenvalue weighted by Crippen LogP contribution is -2.48. The van der Waals surface area contributed by atoms with Gasteiger partial charge in [0.15, 0.2) is 0 Å². The molecule has 7 nitrogen and oxygen atoms in total. The van der Waals surface area contributed by atoms with Crippen molar-refractivity contribution in [1.82, 2.24) is 15.3 Å². The van der Waals surface area contributed by atoms with E-state index in [0.717, 1.165) is 43.9 Å². The smallest absolute Gasteiger partial charge is 0.253 e. The lowest BCUT2D eigenvalue weighted by atomic mass is 9.80. The summed E-state index contributed by atoms with van der Waals surface area (Å²) >= 11 is 0. The molecule has 2 aromatic rings. The number of benzene rings is 2. The Balaban J connectivity index is 1.28. The van der Waals surface area contributed by atoms with Gasteiger partial charge in [-0.2, -0.15) is 0 Å². The number of nitrogens with zero attached hydrogens (tertiary/aromatic N) is 2. The van der Waals surface area contributed by atoms with E-state index >= 15 is 0 Å². The number of nitrogens with one attached hydrogen (secondary N) is 1. The van der Waals surface area contributed by atoms with Crippen molar-refractivity contribution in [2.24, 2.45) is 5.41 Å². The van der Waals surface area contributed by atoms with Crippen molar-refractivity contribution in [2.45, 2.75) is 39.3 Å². The number of hydrogen-bond donors (Lipinski definition) is 2. The molecule has 7 heteroatoms. The van der Waals surface area contributed by atoms with Crippen LogP contribution in [0.15, 0.2) is 48.5 Å². The Morgan fingerprint density at radius 1 is 1.00 bits per heavy atom. The number of amides is 1. The van der Waals surface area contributed by atoms with Gasteiger partial charge in [-0.1, -0.05) is 24.0 Å². The van der Waals surface area contributed by atoms with Crippen LogP contribution >= 0.6 is 0 Å². The second kappa shape index (κ2) is 12.4. The molecular weight excluding hydrogens is 454 g/mol. The number of rotatable bonds is 7. The molecule has 0 radical (unpaired) electrons. The van der Waals surface area contributed by atoms with Crippen molar-refractivity contribution in [3.63, 3.8) is 0 Å². The third-order valence-electron chi connectivity index (χ3n) is 7.25. The van der Waals surface area contributed by atoms with Crippen LogP contribution in [0.2, 0.25) is 0 Å². The van der Waals surface area contributed by atoms with E-state index in [4.69, 9.17) is 14.7 Å². The molecule has 1 amide bonds. The van der Waals surface area contributed by atoms with Crippen LogP contribution < -0.4 is 10.2 Å². The van der Waals surface area contributed by atoms with Gasteiger partial charge in [-0.15, -0.1) is 0 Å².